The van der Waals surface area contributed by atoms with E-state index in [-0.39, 0.29) is 0 Å². The molecule has 34 heavy (non-hydrogen) atoms. The molecule has 4 aromatic rings. The van der Waals surface area contributed by atoms with Gasteiger partial charge in [-0.3, -0.25) is 9.97 Å². The van der Waals surface area contributed by atoms with Gasteiger partial charge >= 0.3 is 0 Å². The van der Waals surface area contributed by atoms with E-state index in [0.717, 1.165) is 56.4 Å². The summed E-state index contributed by atoms with van der Waals surface area (Å²) in [6.45, 7) is 16.9. The number of hydrogen-bond acceptors (Lipinski definition) is 4. The highest BCUT2D eigenvalue weighted by Gasteiger charge is 2.17. The van der Waals surface area contributed by atoms with Crippen molar-refractivity contribution >= 4 is 16.6 Å². The minimum absolute atomic E-state index is 0.667. The summed E-state index contributed by atoms with van der Waals surface area (Å²) >= 11 is 0. The van der Waals surface area contributed by atoms with Crippen LogP contribution in [0.5, 0.6) is 0 Å². The fourth-order valence-electron chi connectivity index (χ4n) is 3.65. The Morgan fingerprint density at radius 3 is 2.53 bits per heavy atom. The van der Waals surface area contributed by atoms with E-state index in [2.05, 4.69) is 67.3 Å². The van der Waals surface area contributed by atoms with Gasteiger partial charge in [-0.2, -0.15) is 0 Å². The first kappa shape index (κ1) is 24.9. The molecule has 0 radical (unpaired) electrons. The number of fused-ring (bicyclic) bond motifs is 1. The number of aromatic nitrogens is 4. The van der Waals surface area contributed by atoms with E-state index in [9.17, 15) is 0 Å². The molecule has 5 nitrogen and oxygen atoms in total. The third-order valence-corrected chi connectivity index (χ3v) is 5.12. The molecule has 4 rings (SSSR count). The van der Waals surface area contributed by atoms with E-state index in [1.807, 2.05) is 56.6 Å². The first-order valence-corrected chi connectivity index (χ1v) is 11.6. The van der Waals surface area contributed by atoms with Gasteiger partial charge in [0.1, 0.15) is 5.76 Å². The molecule has 176 valence electrons. The topological polar surface area (TPSA) is 56.7 Å². The van der Waals surface area contributed by atoms with Gasteiger partial charge in [0.25, 0.3) is 0 Å². The normalized spacial score (nSPS) is 11.8. The minimum Gasteiger partial charge on any atom is -0.361 e. The average Bonchev–Trinajstić information content (AvgIpc) is 3.33. The van der Waals surface area contributed by atoms with Crippen LogP contribution in [-0.4, -0.2) is 19.7 Å². The molecule has 4 heterocycles. The van der Waals surface area contributed by atoms with Crippen molar-refractivity contribution in [2.75, 3.05) is 0 Å². The van der Waals surface area contributed by atoms with Gasteiger partial charge in [-0.25, -0.2) is 0 Å². The molecular formula is C29H34N4O. The Hall–Kier alpha value is -3.73. The lowest BCUT2D eigenvalue weighted by Gasteiger charge is -2.06. The van der Waals surface area contributed by atoms with Crippen molar-refractivity contribution in [2.24, 2.45) is 5.92 Å². The van der Waals surface area contributed by atoms with Crippen molar-refractivity contribution in [3.05, 3.63) is 96.5 Å². The second-order valence-electron chi connectivity index (χ2n) is 8.98. The monoisotopic (exact) mass is 454 g/mol. The van der Waals surface area contributed by atoms with Gasteiger partial charge in [0.15, 0.2) is 0 Å². The molecule has 0 bridgehead atoms. The van der Waals surface area contributed by atoms with E-state index >= 15 is 0 Å². The number of rotatable bonds is 6. The molecule has 0 spiro atoms. The van der Waals surface area contributed by atoms with Gasteiger partial charge in [-0.05, 0) is 50.5 Å². The molecule has 0 saturated carbocycles. The Bertz CT molecular complexity index is 1280. The maximum absolute atomic E-state index is 5.37. The summed E-state index contributed by atoms with van der Waals surface area (Å²) in [7, 11) is 0. The highest BCUT2D eigenvalue weighted by atomic mass is 16.5. The Kier molecular flexibility index (Phi) is 8.36. The molecule has 0 fully saturated rings. The summed E-state index contributed by atoms with van der Waals surface area (Å²) in [5, 5.41) is 4.09. The Morgan fingerprint density at radius 2 is 1.91 bits per heavy atom. The van der Waals surface area contributed by atoms with Gasteiger partial charge in [-0.15, -0.1) is 0 Å². The predicted molar refractivity (Wildman–Crippen MR) is 142 cm³/mol. The zero-order valence-corrected chi connectivity index (χ0v) is 21.0. The van der Waals surface area contributed by atoms with Crippen LogP contribution in [0.3, 0.4) is 0 Å². The zero-order valence-electron chi connectivity index (χ0n) is 21.0. The fraction of sp³-hybridized carbons (Fsp3) is 0.276. The fourth-order valence-corrected chi connectivity index (χ4v) is 3.65. The van der Waals surface area contributed by atoms with Crippen LogP contribution in [0.4, 0.5) is 0 Å². The SMILES string of the molecule is C=C/C=C\C=C(/C)c1cn(Cc2ccccn2)c2cc(-c3c(C)noc3C)cnc12.CC(C)C. The van der Waals surface area contributed by atoms with Crippen molar-refractivity contribution in [3.63, 3.8) is 0 Å². The standard InChI is InChI=1S/C25H24N4O.C4H10/c1-5-6-7-10-17(2)22-16-29(15-21-11-8-9-12-26-21)23-13-20(14-27-25(22)23)24-18(3)28-30-19(24)4;1-4(2)3/h5-14,16H,1,15H2,2-4H3;4H,1-3H3/b7-6-,17-10+;. The van der Waals surface area contributed by atoms with Gasteiger partial charge in [0, 0.05) is 35.3 Å². The van der Waals surface area contributed by atoms with Crippen molar-refractivity contribution in [2.45, 2.75) is 48.1 Å². The van der Waals surface area contributed by atoms with Crippen molar-refractivity contribution in [1.29, 1.82) is 0 Å². The van der Waals surface area contributed by atoms with Gasteiger partial charge in [0.2, 0.25) is 0 Å². The largest absolute Gasteiger partial charge is 0.361 e. The van der Waals surface area contributed by atoms with Gasteiger partial charge in [0.05, 0.1) is 29.0 Å². The number of allylic oxidation sites excluding steroid dienone is 5. The highest BCUT2D eigenvalue weighted by molar-refractivity contribution is 5.92. The Morgan fingerprint density at radius 1 is 1.15 bits per heavy atom. The van der Waals surface area contributed by atoms with Crippen molar-refractivity contribution in [3.8, 4) is 11.1 Å². The summed E-state index contributed by atoms with van der Waals surface area (Å²) < 4.78 is 7.57. The number of aryl methyl sites for hydroxylation is 2. The van der Waals surface area contributed by atoms with E-state index in [1.165, 1.54) is 0 Å². The highest BCUT2D eigenvalue weighted by Crippen LogP contribution is 2.32. The van der Waals surface area contributed by atoms with E-state index in [1.54, 1.807) is 6.08 Å². The maximum Gasteiger partial charge on any atom is 0.141 e. The van der Waals surface area contributed by atoms with Gasteiger partial charge < -0.3 is 9.09 Å². The van der Waals surface area contributed by atoms with Crippen LogP contribution in [0.25, 0.3) is 27.7 Å². The smallest absolute Gasteiger partial charge is 0.141 e. The molecule has 4 aromatic heterocycles. The maximum atomic E-state index is 5.37. The number of nitrogens with zero attached hydrogens (tertiary/aromatic N) is 4. The molecule has 0 unspecified atom stereocenters. The van der Waals surface area contributed by atoms with Crippen LogP contribution in [-0.2, 0) is 6.54 Å². The van der Waals surface area contributed by atoms with Crippen LogP contribution in [0.15, 0.2) is 78.3 Å². The first-order valence-electron chi connectivity index (χ1n) is 11.6. The first-order chi connectivity index (χ1) is 16.3. The third kappa shape index (κ3) is 5.98. The molecule has 0 atom stereocenters. The Balaban J connectivity index is 0.000000751. The lowest BCUT2D eigenvalue weighted by Crippen LogP contribution is -2.00. The summed E-state index contributed by atoms with van der Waals surface area (Å²) in [5.41, 5.74) is 8.10. The van der Waals surface area contributed by atoms with Crippen molar-refractivity contribution in [1.82, 2.24) is 19.7 Å². The molecule has 5 heteroatoms. The molecule has 0 aliphatic heterocycles. The number of hydrogen-bond donors (Lipinski definition) is 0. The van der Waals surface area contributed by atoms with Crippen LogP contribution in [0, 0.1) is 19.8 Å². The lowest BCUT2D eigenvalue weighted by atomic mass is 10.0. The molecule has 0 aliphatic rings. The number of pyridine rings is 2. The van der Waals surface area contributed by atoms with Crippen LogP contribution < -0.4 is 0 Å². The van der Waals surface area contributed by atoms with E-state index in [4.69, 9.17) is 9.51 Å². The quantitative estimate of drug-likeness (QED) is 0.282. The molecule has 0 saturated heterocycles. The van der Waals surface area contributed by atoms with Crippen LogP contribution >= 0.6 is 0 Å². The van der Waals surface area contributed by atoms with E-state index in [0.29, 0.717) is 6.54 Å². The molecular weight excluding hydrogens is 420 g/mol. The van der Waals surface area contributed by atoms with E-state index < -0.39 is 0 Å². The lowest BCUT2D eigenvalue weighted by molar-refractivity contribution is 0.393. The van der Waals surface area contributed by atoms with Crippen molar-refractivity contribution < 1.29 is 4.52 Å². The third-order valence-electron chi connectivity index (χ3n) is 5.12. The summed E-state index contributed by atoms with van der Waals surface area (Å²) in [4.78, 5) is 9.33. The van der Waals surface area contributed by atoms with Crippen LogP contribution in [0.1, 0.15) is 50.4 Å². The van der Waals surface area contributed by atoms with Gasteiger partial charge in [-0.1, -0.05) is 62.9 Å². The molecule has 0 N–H and O–H groups in total. The Labute approximate surface area is 202 Å². The summed E-state index contributed by atoms with van der Waals surface area (Å²) in [5.74, 6) is 1.63. The average molecular weight is 455 g/mol. The molecule has 0 amide bonds. The predicted octanol–water partition coefficient (Wildman–Crippen LogP) is 7.56. The zero-order chi connectivity index (χ0) is 24.7. The summed E-state index contributed by atoms with van der Waals surface area (Å²) in [6, 6.07) is 8.13. The summed E-state index contributed by atoms with van der Waals surface area (Å²) in [6.07, 6.45) is 13.6. The second-order valence-corrected chi connectivity index (χ2v) is 8.98. The molecule has 0 aliphatic carbocycles. The molecule has 0 aromatic carbocycles. The van der Waals surface area contributed by atoms with Crippen LogP contribution in [0.2, 0.25) is 0 Å². The second kappa shape index (κ2) is 11.4. The minimum atomic E-state index is 0.667.